The zero-order valence-corrected chi connectivity index (χ0v) is 10.9. The molecule has 0 aromatic heterocycles. The molecule has 0 aliphatic rings. The van der Waals surface area contributed by atoms with Crippen LogP contribution in [0.15, 0.2) is 29.2 Å². The van der Waals surface area contributed by atoms with Crippen LogP contribution in [0.4, 0.5) is 5.69 Å². The van der Waals surface area contributed by atoms with Gasteiger partial charge in [0, 0.05) is 5.69 Å². The first-order valence-corrected chi connectivity index (χ1v) is 6.83. The van der Waals surface area contributed by atoms with Crippen LogP contribution in [0.25, 0.3) is 0 Å². The Morgan fingerprint density at radius 3 is 2.44 bits per heavy atom. The van der Waals surface area contributed by atoms with Gasteiger partial charge in [-0.3, -0.25) is 4.79 Å². The molecule has 0 radical (unpaired) electrons. The number of hydrogen-bond donors (Lipinski definition) is 3. The van der Waals surface area contributed by atoms with Gasteiger partial charge >= 0.3 is 5.97 Å². The normalized spacial score (nSPS) is 13.5. The summed E-state index contributed by atoms with van der Waals surface area (Å²) in [6, 6.07) is 4.52. The van der Waals surface area contributed by atoms with Crippen LogP contribution in [0.5, 0.6) is 0 Å². The fourth-order valence-corrected chi connectivity index (χ4v) is 2.78. The van der Waals surface area contributed by atoms with Crippen LogP contribution in [0, 0.1) is 5.92 Å². The van der Waals surface area contributed by atoms with E-state index < -0.39 is 22.0 Å². The molecule has 1 rings (SSSR count). The summed E-state index contributed by atoms with van der Waals surface area (Å²) in [4.78, 5) is 10.9. The number of anilines is 1. The van der Waals surface area contributed by atoms with Crippen molar-refractivity contribution >= 4 is 21.7 Å². The van der Waals surface area contributed by atoms with Crippen molar-refractivity contribution in [1.82, 2.24) is 4.72 Å². The van der Waals surface area contributed by atoms with Crippen molar-refractivity contribution in [2.45, 2.75) is 24.8 Å². The topological polar surface area (TPSA) is 109 Å². The number of carbonyl (C=O) groups is 1. The van der Waals surface area contributed by atoms with Crippen LogP contribution in [-0.4, -0.2) is 25.5 Å². The minimum Gasteiger partial charge on any atom is -0.480 e. The predicted octanol–water partition coefficient (Wildman–Crippen LogP) is 0.656. The number of sulfonamides is 1. The second kappa shape index (κ2) is 5.36. The van der Waals surface area contributed by atoms with Crippen molar-refractivity contribution in [1.29, 1.82) is 0 Å². The number of rotatable bonds is 5. The lowest BCUT2D eigenvalue weighted by Crippen LogP contribution is -2.44. The molecule has 6 nitrogen and oxygen atoms in total. The maximum Gasteiger partial charge on any atom is 0.322 e. The van der Waals surface area contributed by atoms with E-state index in [9.17, 15) is 13.2 Å². The van der Waals surface area contributed by atoms with Crippen LogP contribution in [0.3, 0.4) is 0 Å². The van der Waals surface area contributed by atoms with Crippen LogP contribution in [-0.2, 0) is 14.8 Å². The fourth-order valence-electron chi connectivity index (χ4n) is 1.39. The maximum absolute atomic E-state index is 12.0. The third-order valence-electron chi connectivity index (χ3n) is 2.38. The minimum absolute atomic E-state index is 0.0469. The highest BCUT2D eigenvalue weighted by molar-refractivity contribution is 7.89. The maximum atomic E-state index is 12.0. The molecule has 0 fully saturated rings. The highest BCUT2D eigenvalue weighted by atomic mass is 32.2. The molecule has 0 spiro atoms. The lowest BCUT2D eigenvalue weighted by Gasteiger charge is -2.18. The molecule has 0 aliphatic carbocycles. The summed E-state index contributed by atoms with van der Waals surface area (Å²) in [5.41, 5.74) is 5.80. The van der Waals surface area contributed by atoms with Gasteiger partial charge in [-0.1, -0.05) is 19.9 Å². The van der Waals surface area contributed by atoms with E-state index in [2.05, 4.69) is 4.72 Å². The van der Waals surface area contributed by atoms with Gasteiger partial charge in [0.05, 0.1) is 4.90 Å². The summed E-state index contributed by atoms with van der Waals surface area (Å²) in [7, 11) is -3.88. The second-order valence-electron chi connectivity index (χ2n) is 4.25. The molecule has 4 N–H and O–H groups in total. The number of carboxylic acid groups (broad SMARTS) is 1. The summed E-state index contributed by atoms with van der Waals surface area (Å²) >= 11 is 0. The first-order chi connectivity index (χ1) is 8.24. The Labute approximate surface area is 106 Å². The molecule has 0 amide bonds. The minimum atomic E-state index is -3.88. The van der Waals surface area contributed by atoms with Crippen molar-refractivity contribution in [3.05, 3.63) is 24.3 Å². The van der Waals surface area contributed by atoms with E-state index in [1.807, 2.05) is 0 Å². The number of benzene rings is 1. The van der Waals surface area contributed by atoms with E-state index in [0.29, 0.717) is 5.69 Å². The van der Waals surface area contributed by atoms with Gasteiger partial charge in [0.25, 0.3) is 0 Å². The predicted molar refractivity (Wildman–Crippen MR) is 67.4 cm³/mol. The largest absolute Gasteiger partial charge is 0.480 e. The van der Waals surface area contributed by atoms with Gasteiger partial charge in [-0.05, 0) is 24.1 Å². The molecule has 0 bridgehead atoms. The van der Waals surface area contributed by atoms with Crippen LogP contribution in [0.2, 0.25) is 0 Å². The summed E-state index contributed by atoms with van der Waals surface area (Å²) in [6.07, 6.45) is 0. The Hall–Kier alpha value is -1.60. The Bertz CT molecular complexity index is 540. The number of aliphatic carboxylic acids is 1. The van der Waals surface area contributed by atoms with E-state index in [1.54, 1.807) is 19.9 Å². The average molecular weight is 272 g/mol. The molecular weight excluding hydrogens is 256 g/mol. The van der Waals surface area contributed by atoms with E-state index >= 15 is 0 Å². The standard InChI is InChI=1S/C11H16N2O4S/c1-7(2)10(11(14)15)13-18(16,17)9-5-3-4-8(12)6-9/h3-7,10,13H,12H2,1-2H3,(H,14,15). The van der Waals surface area contributed by atoms with Crippen molar-refractivity contribution in [2.24, 2.45) is 5.92 Å². The first kappa shape index (κ1) is 14.5. The second-order valence-corrected chi connectivity index (χ2v) is 5.97. The molecule has 0 heterocycles. The van der Waals surface area contributed by atoms with Gasteiger partial charge in [0.15, 0.2) is 0 Å². The lowest BCUT2D eigenvalue weighted by atomic mass is 10.1. The number of carboxylic acids is 1. The Kier molecular flexibility index (Phi) is 4.31. The molecule has 0 aliphatic heterocycles. The van der Waals surface area contributed by atoms with Gasteiger partial charge < -0.3 is 10.8 Å². The van der Waals surface area contributed by atoms with Crippen molar-refractivity contribution in [3.63, 3.8) is 0 Å². The van der Waals surface area contributed by atoms with E-state index in [4.69, 9.17) is 10.8 Å². The summed E-state index contributed by atoms with van der Waals surface area (Å²) in [5.74, 6) is -1.57. The van der Waals surface area contributed by atoms with Gasteiger partial charge in [-0.25, -0.2) is 8.42 Å². The third-order valence-corrected chi connectivity index (χ3v) is 3.82. The van der Waals surface area contributed by atoms with Crippen LogP contribution >= 0.6 is 0 Å². The Balaban J connectivity index is 3.05. The molecule has 18 heavy (non-hydrogen) atoms. The molecule has 1 aromatic carbocycles. The van der Waals surface area contributed by atoms with Gasteiger partial charge in [-0.2, -0.15) is 4.72 Å². The summed E-state index contributed by atoms with van der Waals surface area (Å²) in [5, 5.41) is 8.96. The van der Waals surface area contributed by atoms with Crippen molar-refractivity contribution < 1.29 is 18.3 Å². The van der Waals surface area contributed by atoms with Gasteiger partial charge in [0.1, 0.15) is 6.04 Å². The summed E-state index contributed by atoms with van der Waals surface area (Å²) in [6.45, 7) is 3.25. The molecule has 7 heteroatoms. The monoisotopic (exact) mass is 272 g/mol. The highest BCUT2D eigenvalue weighted by Crippen LogP contribution is 2.14. The Morgan fingerprint density at radius 2 is 2.00 bits per heavy atom. The van der Waals surface area contributed by atoms with Crippen molar-refractivity contribution in [3.8, 4) is 0 Å². The van der Waals surface area contributed by atoms with Crippen LogP contribution < -0.4 is 10.5 Å². The van der Waals surface area contributed by atoms with Gasteiger partial charge in [-0.15, -0.1) is 0 Å². The first-order valence-electron chi connectivity index (χ1n) is 5.34. The molecule has 0 saturated heterocycles. The number of nitrogen functional groups attached to an aromatic ring is 1. The molecular formula is C11H16N2O4S. The zero-order valence-electron chi connectivity index (χ0n) is 10.1. The van der Waals surface area contributed by atoms with Crippen LogP contribution in [0.1, 0.15) is 13.8 Å². The quantitative estimate of drug-likeness (QED) is 0.682. The van der Waals surface area contributed by atoms with Gasteiger partial charge in [0.2, 0.25) is 10.0 Å². The SMILES string of the molecule is CC(C)C(NS(=O)(=O)c1cccc(N)c1)C(=O)O. The van der Waals surface area contributed by atoms with E-state index in [-0.39, 0.29) is 10.8 Å². The van der Waals surface area contributed by atoms with Crippen molar-refractivity contribution in [2.75, 3.05) is 5.73 Å². The number of nitrogens with one attached hydrogen (secondary N) is 1. The average Bonchev–Trinajstić information content (AvgIpc) is 2.25. The van der Waals surface area contributed by atoms with E-state index in [1.165, 1.54) is 18.2 Å². The molecule has 1 unspecified atom stereocenters. The molecule has 1 aromatic rings. The zero-order chi connectivity index (χ0) is 13.9. The summed E-state index contributed by atoms with van der Waals surface area (Å²) < 4.78 is 26.1. The third kappa shape index (κ3) is 3.44. The molecule has 1 atom stereocenters. The van der Waals surface area contributed by atoms with E-state index in [0.717, 1.165) is 0 Å². The number of hydrogen-bond acceptors (Lipinski definition) is 4. The number of nitrogens with two attached hydrogens (primary N) is 1. The lowest BCUT2D eigenvalue weighted by molar-refractivity contribution is -0.140. The highest BCUT2D eigenvalue weighted by Gasteiger charge is 2.27. The smallest absolute Gasteiger partial charge is 0.322 e. The molecule has 100 valence electrons. The molecule has 0 saturated carbocycles. The Morgan fingerprint density at radius 1 is 1.39 bits per heavy atom. The fraction of sp³-hybridized carbons (Fsp3) is 0.364.